The van der Waals surface area contributed by atoms with Gasteiger partial charge in [0.15, 0.2) is 11.0 Å². The zero-order valence-electron chi connectivity index (χ0n) is 14.9. The van der Waals surface area contributed by atoms with Crippen molar-refractivity contribution in [3.05, 3.63) is 27.5 Å². The normalized spacial score (nSPS) is 21.7. The van der Waals surface area contributed by atoms with E-state index in [2.05, 4.69) is 26.8 Å². The number of piperidine rings is 1. The fraction of sp³-hybridized carbons (Fsp3) is 0.611. The molecule has 6 nitrogen and oxygen atoms in total. The maximum atomic E-state index is 14.2. The fourth-order valence-electron chi connectivity index (χ4n) is 4.06. The van der Waals surface area contributed by atoms with E-state index in [9.17, 15) is 9.18 Å². The average molecular weight is 380 g/mol. The van der Waals surface area contributed by atoms with Crippen LogP contribution >= 0.6 is 11.6 Å². The highest BCUT2D eigenvalue weighted by Gasteiger charge is 2.25. The molecule has 0 N–H and O–H groups in total. The van der Waals surface area contributed by atoms with Gasteiger partial charge in [-0.25, -0.2) is 14.2 Å². The quantitative estimate of drug-likeness (QED) is 0.767. The van der Waals surface area contributed by atoms with Gasteiger partial charge >= 0.3 is 5.69 Å². The van der Waals surface area contributed by atoms with Crippen LogP contribution < -0.4 is 10.6 Å². The van der Waals surface area contributed by atoms with Gasteiger partial charge in [0.25, 0.3) is 0 Å². The van der Waals surface area contributed by atoms with Gasteiger partial charge < -0.3 is 9.80 Å². The molecule has 0 saturated carbocycles. The number of hydrogen-bond acceptors (Lipinski definition) is 5. The number of likely N-dealkylation sites (tertiary alicyclic amines) is 1. The van der Waals surface area contributed by atoms with Crippen LogP contribution in [-0.2, 0) is 6.54 Å². The summed E-state index contributed by atoms with van der Waals surface area (Å²) in [7, 11) is 2.06. The van der Waals surface area contributed by atoms with E-state index in [-0.39, 0.29) is 16.9 Å². The summed E-state index contributed by atoms with van der Waals surface area (Å²) in [6.45, 7) is 3.15. The molecule has 2 aromatic rings. The molecular formula is C18H23ClFN5O. The van der Waals surface area contributed by atoms with Crippen LogP contribution in [0.5, 0.6) is 0 Å². The minimum Gasteiger partial charge on any atom is -0.356 e. The van der Waals surface area contributed by atoms with E-state index >= 15 is 0 Å². The number of fused-ring (bicyclic) bond motifs is 1. The number of hydrogen-bond donors (Lipinski definition) is 0. The number of anilines is 1. The Balaban J connectivity index is 1.85. The number of rotatable bonds is 3. The van der Waals surface area contributed by atoms with Crippen LogP contribution in [-0.4, -0.2) is 52.2 Å². The molecule has 8 heteroatoms. The summed E-state index contributed by atoms with van der Waals surface area (Å²) in [6.07, 6.45) is 5.38. The van der Waals surface area contributed by atoms with E-state index in [0.29, 0.717) is 23.4 Å². The summed E-state index contributed by atoms with van der Waals surface area (Å²) in [5.74, 6) is -0.0498. The standard InChI is InChI=1S/C18H23ClFN5O/c1-23-7-5-6-12(23)11-25-17-13(10-14(20)15(19)21-17)16(22-18(25)26)24-8-3-2-4-9-24/h10,12H,2-9,11H2,1H3/t12-/m0/s1. The summed E-state index contributed by atoms with van der Waals surface area (Å²) in [5.41, 5.74) is 0.0887. The zero-order chi connectivity index (χ0) is 18.3. The molecule has 0 amide bonds. The van der Waals surface area contributed by atoms with Crippen molar-refractivity contribution in [1.29, 1.82) is 0 Å². The third-order valence-electron chi connectivity index (χ3n) is 5.56. The Morgan fingerprint density at radius 2 is 1.96 bits per heavy atom. The molecule has 26 heavy (non-hydrogen) atoms. The Hall–Kier alpha value is -1.73. The monoisotopic (exact) mass is 379 g/mol. The minimum absolute atomic E-state index is 0.207. The molecule has 2 aliphatic heterocycles. The van der Waals surface area contributed by atoms with Crippen molar-refractivity contribution < 1.29 is 4.39 Å². The van der Waals surface area contributed by atoms with E-state index in [1.54, 1.807) is 4.57 Å². The van der Waals surface area contributed by atoms with Gasteiger partial charge in [-0.3, -0.25) is 4.57 Å². The van der Waals surface area contributed by atoms with E-state index in [4.69, 9.17) is 11.6 Å². The van der Waals surface area contributed by atoms with Crippen molar-refractivity contribution in [1.82, 2.24) is 19.4 Å². The first-order chi connectivity index (χ1) is 12.5. The second-order valence-electron chi connectivity index (χ2n) is 7.29. The van der Waals surface area contributed by atoms with Gasteiger partial charge in [0.05, 0.1) is 5.39 Å². The molecule has 0 spiro atoms. The molecule has 2 aliphatic rings. The maximum absolute atomic E-state index is 14.2. The molecule has 1 atom stereocenters. The third-order valence-corrected chi connectivity index (χ3v) is 5.83. The van der Waals surface area contributed by atoms with Gasteiger partial charge in [0.2, 0.25) is 0 Å². The summed E-state index contributed by atoms with van der Waals surface area (Å²) < 4.78 is 15.7. The molecule has 0 aliphatic carbocycles. The lowest BCUT2D eigenvalue weighted by molar-refractivity contribution is 0.281. The van der Waals surface area contributed by atoms with Gasteiger partial charge in [-0.1, -0.05) is 11.6 Å². The minimum atomic E-state index is -0.581. The topological polar surface area (TPSA) is 54.3 Å². The van der Waals surface area contributed by atoms with E-state index in [0.717, 1.165) is 51.7 Å². The van der Waals surface area contributed by atoms with Crippen LogP contribution in [0.4, 0.5) is 10.2 Å². The lowest BCUT2D eigenvalue weighted by Gasteiger charge is -2.29. The van der Waals surface area contributed by atoms with Gasteiger partial charge in [-0.15, -0.1) is 0 Å². The molecule has 0 bridgehead atoms. The number of pyridine rings is 1. The maximum Gasteiger partial charge on any atom is 0.351 e. The van der Waals surface area contributed by atoms with Crippen LogP contribution in [0.3, 0.4) is 0 Å². The largest absolute Gasteiger partial charge is 0.356 e. The van der Waals surface area contributed by atoms with Crippen molar-refractivity contribution in [2.75, 3.05) is 31.6 Å². The van der Waals surface area contributed by atoms with Crippen molar-refractivity contribution in [3.63, 3.8) is 0 Å². The second kappa shape index (κ2) is 7.12. The first-order valence-electron chi connectivity index (χ1n) is 9.26. The average Bonchev–Trinajstić information content (AvgIpc) is 3.04. The predicted octanol–water partition coefficient (Wildman–Crippen LogP) is 2.67. The van der Waals surface area contributed by atoms with Crippen LogP contribution in [0.1, 0.15) is 32.1 Å². The van der Waals surface area contributed by atoms with Crippen molar-refractivity contribution >= 4 is 28.5 Å². The van der Waals surface area contributed by atoms with Gasteiger partial charge in [0, 0.05) is 25.7 Å². The summed E-state index contributed by atoms with van der Waals surface area (Å²) in [5, 5.41) is 0.357. The number of likely N-dealkylation sites (N-methyl/N-ethyl adjacent to an activating group) is 1. The van der Waals surface area contributed by atoms with Crippen molar-refractivity contribution in [2.24, 2.45) is 0 Å². The molecule has 0 radical (unpaired) electrons. The molecule has 0 unspecified atom stereocenters. The SMILES string of the molecule is CN1CCC[C@H]1Cn1c(=O)nc(N2CCCCC2)c2cc(F)c(Cl)nc21. The zero-order valence-corrected chi connectivity index (χ0v) is 15.7. The van der Waals surface area contributed by atoms with E-state index in [1.807, 2.05) is 0 Å². The highest BCUT2D eigenvalue weighted by molar-refractivity contribution is 6.30. The van der Waals surface area contributed by atoms with Gasteiger partial charge in [-0.05, 0) is 51.8 Å². The van der Waals surface area contributed by atoms with Crippen molar-refractivity contribution in [2.45, 2.75) is 44.7 Å². The Labute approximate surface area is 156 Å². The molecule has 140 valence electrons. The first kappa shape index (κ1) is 17.7. The smallest absolute Gasteiger partial charge is 0.351 e. The molecule has 2 saturated heterocycles. The van der Waals surface area contributed by atoms with Crippen LogP contribution in [0.2, 0.25) is 5.15 Å². The summed E-state index contributed by atoms with van der Waals surface area (Å²) in [4.78, 5) is 25.7. The summed E-state index contributed by atoms with van der Waals surface area (Å²) >= 11 is 5.95. The molecular weight excluding hydrogens is 357 g/mol. The lowest BCUT2D eigenvalue weighted by Crippen LogP contribution is -2.37. The predicted molar refractivity (Wildman–Crippen MR) is 100 cm³/mol. The van der Waals surface area contributed by atoms with Gasteiger partial charge in [0.1, 0.15) is 11.5 Å². The van der Waals surface area contributed by atoms with E-state index < -0.39 is 5.82 Å². The fourth-order valence-corrected chi connectivity index (χ4v) is 4.20. The second-order valence-corrected chi connectivity index (χ2v) is 7.64. The van der Waals surface area contributed by atoms with Crippen LogP contribution in [0, 0.1) is 5.82 Å². The molecule has 4 rings (SSSR count). The number of halogens is 2. The van der Waals surface area contributed by atoms with E-state index in [1.165, 1.54) is 6.07 Å². The first-order valence-corrected chi connectivity index (χ1v) is 9.64. The Morgan fingerprint density at radius 3 is 2.65 bits per heavy atom. The molecule has 2 aromatic heterocycles. The van der Waals surface area contributed by atoms with Gasteiger partial charge in [-0.2, -0.15) is 4.98 Å². The Morgan fingerprint density at radius 1 is 1.19 bits per heavy atom. The highest BCUT2D eigenvalue weighted by atomic mass is 35.5. The van der Waals surface area contributed by atoms with Crippen molar-refractivity contribution in [3.8, 4) is 0 Å². The molecule has 4 heterocycles. The third kappa shape index (κ3) is 3.18. The Bertz CT molecular complexity index is 880. The van der Waals surface area contributed by atoms with Crippen LogP contribution in [0.15, 0.2) is 10.9 Å². The lowest BCUT2D eigenvalue weighted by atomic mass is 10.1. The summed E-state index contributed by atoms with van der Waals surface area (Å²) in [6, 6.07) is 1.62. The Kier molecular flexibility index (Phi) is 4.84. The number of nitrogens with zero attached hydrogens (tertiary/aromatic N) is 5. The molecule has 2 fully saturated rings. The molecule has 0 aromatic carbocycles. The van der Waals surface area contributed by atoms with Crippen LogP contribution in [0.25, 0.3) is 11.0 Å². The number of aromatic nitrogens is 3. The highest BCUT2D eigenvalue weighted by Crippen LogP contribution is 2.28.